The van der Waals surface area contributed by atoms with E-state index in [2.05, 4.69) is 10.2 Å². The van der Waals surface area contributed by atoms with Crippen LogP contribution in [0, 0.1) is 11.6 Å². The molecule has 1 heterocycles. The van der Waals surface area contributed by atoms with Crippen molar-refractivity contribution in [3.05, 3.63) is 35.4 Å². The minimum atomic E-state index is -0.815. The predicted molar refractivity (Wildman–Crippen MR) is 112 cm³/mol. The Morgan fingerprint density at radius 3 is 2.54 bits per heavy atom. The lowest BCUT2D eigenvalue weighted by atomic mass is 10.0. The van der Waals surface area contributed by atoms with Gasteiger partial charge in [0.25, 0.3) is 0 Å². The first-order chi connectivity index (χ1) is 12.0. The Labute approximate surface area is 172 Å². The van der Waals surface area contributed by atoms with Crippen LogP contribution in [0.2, 0.25) is 0 Å². The third kappa shape index (κ3) is 6.64. The molecule has 1 unspecified atom stereocenters. The third-order valence-electron chi connectivity index (χ3n) is 4.51. The van der Waals surface area contributed by atoms with E-state index in [0.29, 0.717) is 12.6 Å². The van der Waals surface area contributed by atoms with Crippen LogP contribution in [0.5, 0.6) is 0 Å². The van der Waals surface area contributed by atoms with E-state index in [-0.39, 0.29) is 29.9 Å². The molecule has 1 atom stereocenters. The van der Waals surface area contributed by atoms with Crippen molar-refractivity contribution in [3.8, 4) is 0 Å². The molecule has 1 aromatic rings. The fourth-order valence-electron chi connectivity index (χ4n) is 3.04. The normalized spacial score (nSPS) is 17.0. The summed E-state index contributed by atoms with van der Waals surface area (Å²) in [5.41, 5.74) is 0.758. The Morgan fingerprint density at radius 2 is 1.96 bits per heavy atom. The van der Waals surface area contributed by atoms with Crippen LogP contribution in [0.1, 0.15) is 45.1 Å². The van der Waals surface area contributed by atoms with Crippen molar-refractivity contribution in [1.82, 2.24) is 10.2 Å². The number of ether oxygens (including phenoxy) is 1. The van der Waals surface area contributed by atoms with Crippen molar-refractivity contribution in [2.24, 2.45) is 4.99 Å². The summed E-state index contributed by atoms with van der Waals surface area (Å²) in [7, 11) is 0. The number of nitrogens with one attached hydrogen (secondary N) is 1. The van der Waals surface area contributed by atoms with Crippen molar-refractivity contribution in [3.63, 3.8) is 0 Å². The van der Waals surface area contributed by atoms with Gasteiger partial charge in [-0.1, -0.05) is 13.0 Å². The minimum absolute atomic E-state index is 0. The number of hydrogen-bond donors (Lipinski definition) is 1. The lowest BCUT2D eigenvalue weighted by Crippen LogP contribution is -2.47. The standard InChI is InChI=1S/C19H29F2N3O.HI/c1-4-22-19(24-10-8-16(9-11-24)25-5-2)23-13-14(3)15-6-7-17(20)18(21)12-15;/h6-7,12,14,16H,4-5,8-11,13H2,1-3H3,(H,22,23);1H. The number of guanidine groups is 1. The van der Waals surface area contributed by atoms with E-state index in [1.807, 2.05) is 20.8 Å². The van der Waals surface area contributed by atoms with Gasteiger partial charge >= 0.3 is 0 Å². The highest BCUT2D eigenvalue weighted by atomic mass is 127. The zero-order valence-electron chi connectivity index (χ0n) is 15.8. The van der Waals surface area contributed by atoms with Gasteiger partial charge in [0.1, 0.15) is 0 Å². The molecule has 0 aliphatic carbocycles. The molecule has 7 heteroatoms. The van der Waals surface area contributed by atoms with Gasteiger partial charge in [0.05, 0.1) is 6.10 Å². The largest absolute Gasteiger partial charge is 0.378 e. The average Bonchev–Trinajstić information content (AvgIpc) is 2.61. The molecule has 1 aliphatic heterocycles. The predicted octanol–water partition coefficient (Wildman–Crippen LogP) is 4.15. The van der Waals surface area contributed by atoms with Crippen molar-refractivity contribution < 1.29 is 13.5 Å². The van der Waals surface area contributed by atoms with Crippen molar-refractivity contribution in [1.29, 1.82) is 0 Å². The van der Waals surface area contributed by atoms with Crippen LogP contribution in [0.3, 0.4) is 0 Å². The van der Waals surface area contributed by atoms with Gasteiger partial charge in [0.15, 0.2) is 17.6 Å². The lowest BCUT2D eigenvalue weighted by molar-refractivity contribution is 0.0263. The smallest absolute Gasteiger partial charge is 0.193 e. The molecule has 148 valence electrons. The van der Waals surface area contributed by atoms with E-state index in [0.717, 1.165) is 50.6 Å². The maximum atomic E-state index is 13.4. The highest BCUT2D eigenvalue weighted by Gasteiger charge is 2.21. The average molecular weight is 481 g/mol. The molecule has 1 saturated heterocycles. The first kappa shape index (κ1) is 23.1. The van der Waals surface area contributed by atoms with E-state index in [9.17, 15) is 8.78 Å². The van der Waals surface area contributed by atoms with Gasteiger partial charge in [-0.2, -0.15) is 0 Å². The molecular weight excluding hydrogens is 451 g/mol. The van der Waals surface area contributed by atoms with Crippen LogP contribution in [-0.4, -0.2) is 49.7 Å². The van der Waals surface area contributed by atoms with Gasteiger partial charge in [-0.15, -0.1) is 24.0 Å². The molecule has 2 rings (SSSR count). The molecule has 1 aliphatic rings. The van der Waals surface area contributed by atoms with E-state index in [4.69, 9.17) is 9.73 Å². The quantitative estimate of drug-likeness (QED) is 0.377. The Morgan fingerprint density at radius 1 is 1.27 bits per heavy atom. The van der Waals surface area contributed by atoms with Gasteiger partial charge < -0.3 is 15.0 Å². The van der Waals surface area contributed by atoms with Crippen molar-refractivity contribution >= 4 is 29.9 Å². The summed E-state index contributed by atoms with van der Waals surface area (Å²) in [4.78, 5) is 6.96. The van der Waals surface area contributed by atoms with Crippen LogP contribution in [0.4, 0.5) is 8.78 Å². The monoisotopic (exact) mass is 481 g/mol. The third-order valence-corrected chi connectivity index (χ3v) is 4.51. The molecule has 0 bridgehead atoms. The SMILES string of the molecule is CCNC(=NCC(C)c1ccc(F)c(F)c1)N1CCC(OCC)CC1.I. The van der Waals surface area contributed by atoms with E-state index in [1.165, 1.54) is 12.1 Å². The molecule has 1 aromatic carbocycles. The van der Waals surface area contributed by atoms with Gasteiger partial charge in [-0.3, -0.25) is 4.99 Å². The zero-order valence-corrected chi connectivity index (χ0v) is 18.1. The fourth-order valence-corrected chi connectivity index (χ4v) is 3.04. The molecule has 4 nitrogen and oxygen atoms in total. The highest BCUT2D eigenvalue weighted by Crippen LogP contribution is 2.19. The number of nitrogens with zero attached hydrogens (tertiary/aromatic N) is 2. The zero-order chi connectivity index (χ0) is 18.2. The molecule has 1 fully saturated rings. The van der Waals surface area contributed by atoms with Crippen LogP contribution < -0.4 is 5.32 Å². The molecule has 0 radical (unpaired) electrons. The maximum absolute atomic E-state index is 13.4. The highest BCUT2D eigenvalue weighted by molar-refractivity contribution is 14.0. The fraction of sp³-hybridized carbons (Fsp3) is 0.632. The Balaban J connectivity index is 0.00000338. The first-order valence-electron chi connectivity index (χ1n) is 9.14. The molecule has 0 aromatic heterocycles. The number of hydrogen-bond acceptors (Lipinski definition) is 2. The number of benzene rings is 1. The second kappa shape index (κ2) is 11.7. The lowest BCUT2D eigenvalue weighted by Gasteiger charge is -2.34. The summed E-state index contributed by atoms with van der Waals surface area (Å²) in [5, 5.41) is 3.33. The van der Waals surface area contributed by atoms with Crippen LogP contribution >= 0.6 is 24.0 Å². The van der Waals surface area contributed by atoms with Gasteiger partial charge in [0.2, 0.25) is 0 Å². The Bertz CT molecular complexity index is 578. The van der Waals surface area contributed by atoms with E-state index >= 15 is 0 Å². The van der Waals surface area contributed by atoms with Crippen LogP contribution in [0.15, 0.2) is 23.2 Å². The van der Waals surface area contributed by atoms with E-state index in [1.54, 1.807) is 6.07 Å². The number of piperidine rings is 1. The van der Waals surface area contributed by atoms with Gasteiger partial charge in [0, 0.05) is 38.7 Å². The Kier molecular flexibility index (Phi) is 10.4. The molecule has 26 heavy (non-hydrogen) atoms. The van der Waals surface area contributed by atoms with Gasteiger partial charge in [-0.25, -0.2) is 8.78 Å². The number of rotatable bonds is 6. The maximum Gasteiger partial charge on any atom is 0.193 e. The molecular formula is C19H30F2IN3O. The number of aliphatic imine (C=N–C) groups is 1. The summed E-state index contributed by atoms with van der Waals surface area (Å²) < 4.78 is 32.2. The van der Waals surface area contributed by atoms with Crippen LogP contribution in [0.25, 0.3) is 0 Å². The minimum Gasteiger partial charge on any atom is -0.378 e. The van der Waals surface area contributed by atoms with Gasteiger partial charge in [-0.05, 0) is 44.4 Å². The topological polar surface area (TPSA) is 36.9 Å². The van der Waals surface area contributed by atoms with Crippen LogP contribution in [-0.2, 0) is 4.74 Å². The summed E-state index contributed by atoms with van der Waals surface area (Å²) in [5.74, 6) is -0.722. The summed E-state index contributed by atoms with van der Waals surface area (Å²) >= 11 is 0. The number of likely N-dealkylation sites (tertiary alicyclic amines) is 1. The summed E-state index contributed by atoms with van der Waals surface area (Å²) in [6.07, 6.45) is 2.33. The number of halogens is 3. The summed E-state index contributed by atoms with van der Waals surface area (Å²) in [6.45, 7) is 9.94. The van der Waals surface area contributed by atoms with Crippen molar-refractivity contribution in [2.45, 2.75) is 45.6 Å². The second-order valence-electron chi connectivity index (χ2n) is 6.41. The van der Waals surface area contributed by atoms with Crippen molar-refractivity contribution in [2.75, 3.05) is 32.8 Å². The molecule has 0 saturated carbocycles. The molecule has 0 amide bonds. The molecule has 1 N–H and O–H groups in total. The first-order valence-corrected chi connectivity index (χ1v) is 9.14. The second-order valence-corrected chi connectivity index (χ2v) is 6.41. The Hall–Kier alpha value is -0.960. The van der Waals surface area contributed by atoms with E-state index < -0.39 is 11.6 Å². The summed E-state index contributed by atoms with van der Waals surface area (Å²) in [6, 6.07) is 4.06. The molecule has 0 spiro atoms.